The molecule has 1 N–H and O–H groups in total. The number of fused-ring (bicyclic) bond motifs is 1. The first kappa shape index (κ1) is 20.7. The van der Waals surface area contributed by atoms with E-state index in [2.05, 4.69) is 23.5 Å². The molecule has 3 rings (SSSR count). The van der Waals surface area contributed by atoms with Gasteiger partial charge in [-0.3, -0.25) is 9.10 Å². The molecule has 0 unspecified atom stereocenters. The number of carbonyl (C=O) groups excluding carboxylic acids is 1. The lowest BCUT2D eigenvalue weighted by molar-refractivity contribution is 0.0940. The number of rotatable bonds is 5. The maximum atomic E-state index is 12.8. The molecule has 1 aliphatic rings. The average Bonchev–Trinajstić information content (AvgIpc) is 2.66. The quantitative estimate of drug-likeness (QED) is 0.791. The molecule has 28 heavy (non-hydrogen) atoms. The van der Waals surface area contributed by atoms with E-state index in [1.807, 2.05) is 6.92 Å². The zero-order valence-electron chi connectivity index (χ0n) is 16.3. The SMILES string of the molecule is C[C@H](NC(=O)c1cc(N(C)S(C)(=O)=O)ccc1Cl)c1ccc2c(c1)CCCC2. The summed E-state index contributed by atoms with van der Waals surface area (Å²) in [6.07, 6.45) is 5.74. The molecular weight excluding hydrogens is 396 g/mol. The van der Waals surface area contributed by atoms with Crippen molar-refractivity contribution in [1.82, 2.24) is 5.32 Å². The molecule has 2 aromatic carbocycles. The van der Waals surface area contributed by atoms with Crippen molar-refractivity contribution in [3.05, 3.63) is 63.7 Å². The molecule has 0 saturated carbocycles. The number of benzene rings is 2. The van der Waals surface area contributed by atoms with E-state index in [4.69, 9.17) is 11.6 Å². The van der Waals surface area contributed by atoms with Crippen molar-refractivity contribution in [2.45, 2.75) is 38.6 Å². The summed E-state index contributed by atoms with van der Waals surface area (Å²) >= 11 is 6.21. The Morgan fingerprint density at radius 2 is 1.79 bits per heavy atom. The van der Waals surface area contributed by atoms with Crippen molar-refractivity contribution in [1.29, 1.82) is 0 Å². The standard InChI is InChI=1S/C21H25ClN2O3S/c1-14(16-9-8-15-6-4-5-7-17(15)12-16)23-21(25)19-13-18(10-11-20(19)22)24(2)28(3,26)27/h8-14H,4-7H2,1-3H3,(H,23,25)/t14-/m0/s1. The Bertz CT molecular complexity index is 1000. The van der Waals surface area contributed by atoms with Crippen LogP contribution in [0.2, 0.25) is 5.02 Å². The van der Waals surface area contributed by atoms with E-state index in [1.54, 1.807) is 6.07 Å². The summed E-state index contributed by atoms with van der Waals surface area (Å²) in [7, 11) is -1.99. The first-order chi connectivity index (χ1) is 13.2. The fourth-order valence-corrected chi connectivity index (χ4v) is 4.15. The third kappa shape index (κ3) is 4.50. The normalized spacial score (nSPS) is 14.9. The molecule has 2 aromatic rings. The molecule has 0 saturated heterocycles. The Balaban J connectivity index is 1.81. The van der Waals surface area contributed by atoms with Gasteiger partial charge in [0.05, 0.1) is 28.6 Å². The minimum absolute atomic E-state index is 0.188. The number of hydrogen-bond donors (Lipinski definition) is 1. The summed E-state index contributed by atoms with van der Waals surface area (Å²) in [5.74, 6) is -0.334. The van der Waals surface area contributed by atoms with Crippen molar-refractivity contribution in [2.24, 2.45) is 0 Å². The Labute approximate surface area is 171 Å². The largest absolute Gasteiger partial charge is 0.345 e. The van der Waals surface area contributed by atoms with Crippen LogP contribution in [0.3, 0.4) is 0 Å². The van der Waals surface area contributed by atoms with Crippen LogP contribution in [0.25, 0.3) is 0 Å². The van der Waals surface area contributed by atoms with Crippen LogP contribution in [0.4, 0.5) is 5.69 Å². The third-order valence-corrected chi connectivity index (χ3v) is 6.81. The first-order valence-electron chi connectivity index (χ1n) is 9.33. The molecule has 1 aliphatic carbocycles. The second kappa shape index (κ2) is 8.13. The number of anilines is 1. The number of aryl methyl sites for hydroxylation is 2. The van der Waals surface area contributed by atoms with Crippen molar-refractivity contribution in [3.8, 4) is 0 Å². The van der Waals surface area contributed by atoms with E-state index in [9.17, 15) is 13.2 Å². The predicted molar refractivity (Wildman–Crippen MR) is 114 cm³/mol. The van der Waals surface area contributed by atoms with Gasteiger partial charge in [-0.2, -0.15) is 0 Å². The van der Waals surface area contributed by atoms with Crippen molar-refractivity contribution in [2.75, 3.05) is 17.6 Å². The number of amides is 1. The molecule has 0 bridgehead atoms. The molecule has 0 heterocycles. The summed E-state index contributed by atoms with van der Waals surface area (Å²) in [5.41, 5.74) is 4.44. The summed E-state index contributed by atoms with van der Waals surface area (Å²) in [6.45, 7) is 1.93. The van der Waals surface area contributed by atoms with E-state index < -0.39 is 10.0 Å². The maximum Gasteiger partial charge on any atom is 0.253 e. The van der Waals surface area contributed by atoms with Gasteiger partial charge in [0, 0.05) is 7.05 Å². The van der Waals surface area contributed by atoms with Crippen molar-refractivity contribution >= 4 is 33.2 Å². The number of halogens is 1. The molecule has 7 heteroatoms. The van der Waals surface area contributed by atoms with E-state index in [-0.39, 0.29) is 22.5 Å². The predicted octanol–water partition coefficient (Wildman–Crippen LogP) is 4.11. The molecule has 0 aliphatic heterocycles. The van der Waals surface area contributed by atoms with Crippen LogP contribution in [0.1, 0.15) is 52.9 Å². The fraction of sp³-hybridized carbons (Fsp3) is 0.381. The maximum absolute atomic E-state index is 12.8. The van der Waals surface area contributed by atoms with Crippen molar-refractivity contribution < 1.29 is 13.2 Å². The smallest absolute Gasteiger partial charge is 0.253 e. The van der Waals surface area contributed by atoms with Crippen LogP contribution in [0.5, 0.6) is 0 Å². The highest BCUT2D eigenvalue weighted by Gasteiger charge is 2.19. The van der Waals surface area contributed by atoms with Crippen LogP contribution in [0.15, 0.2) is 36.4 Å². The summed E-state index contributed by atoms with van der Waals surface area (Å²) in [5, 5.41) is 3.25. The highest BCUT2D eigenvalue weighted by molar-refractivity contribution is 7.92. The lowest BCUT2D eigenvalue weighted by Gasteiger charge is -2.21. The molecule has 1 atom stereocenters. The zero-order chi connectivity index (χ0) is 20.5. The summed E-state index contributed by atoms with van der Waals surface area (Å²) < 4.78 is 24.7. The molecule has 0 radical (unpaired) electrons. The third-order valence-electron chi connectivity index (χ3n) is 5.28. The van der Waals surface area contributed by atoms with Gasteiger partial charge in [-0.15, -0.1) is 0 Å². The summed E-state index contributed by atoms with van der Waals surface area (Å²) in [4.78, 5) is 12.8. The number of sulfonamides is 1. The second-order valence-electron chi connectivity index (χ2n) is 7.33. The summed E-state index contributed by atoms with van der Waals surface area (Å²) in [6, 6.07) is 10.8. The second-order valence-corrected chi connectivity index (χ2v) is 9.75. The molecular formula is C21H25ClN2O3S. The molecule has 0 spiro atoms. The highest BCUT2D eigenvalue weighted by atomic mass is 35.5. The number of hydrogen-bond acceptors (Lipinski definition) is 3. The van der Waals surface area contributed by atoms with Crippen LogP contribution < -0.4 is 9.62 Å². The van der Waals surface area contributed by atoms with E-state index >= 15 is 0 Å². The average molecular weight is 421 g/mol. The molecule has 1 amide bonds. The minimum atomic E-state index is -3.43. The molecule has 5 nitrogen and oxygen atoms in total. The van der Waals surface area contributed by atoms with Gasteiger partial charge in [0.2, 0.25) is 10.0 Å². The number of nitrogens with one attached hydrogen (secondary N) is 1. The lowest BCUT2D eigenvalue weighted by atomic mass is 9.89. The van der Waals surface area contributed by atoms with Gasteiger partial charge >= 0.3 is 0 Å². The van der Waals surface area contributed by atoms with Crippen LogP contribution in [0, 0.1) is 0 Å². The minimum Gasteiger partial charge on any atom is -0.345 e. The van der Waals surface area contributed by atoms with Crippen LogP contribution in [-0.2, 0) is 22.9 Å². The van der Waals surface area contributed by atoms with Gasteiger partial charge in [0.25, 0.3) is 5.91 Å². The van der Waals surface area contributed by atoms with E-state index in [0.29, 0.717) is 5.69 Å². The van der Waals surface area contributed by atoms with Crippen LogP contribution >= 0.6 is 11.6 Å². The van der Waals surface area contributed by atoms with E-state index in [0.717, 1.165) is 29.0 Å². The Hall–Kier alpha value is -2.05. The van der Waals surface area contributed by atoms with Gasteiger partial charge in [-0.25, -0.2) is 8.42 Å². The Morgan fingerprint density at radius 1 is 1.11 bits per heavy atom. The molecule has 0 fully saturated rings. The topological polar surface area (TPSA) is 66.5 Å². The highest BCUT2D eigenvalue weighted by Crippen LogP contribution is 2.27. The van der Waals surface area contributed by atoms with Gasteiger partial charge in [-0.05, 0) is 67.5 Å². The number of nitrogens with zero attached hydrogens (tertiary/aromatic N) is 1. The van der Waals surface area contributed by atoms with E-state index in [1.165, 1.54) is 43.1 Å². The van der Waals surface area contributed by atoms with Gasteiger partial charge in [0.15, 0.2) is 0 Å². The number of carbonyl (C=O) groups is 1. The zero-order valence-corrected chi connectivity index (χ0v) is 17.9. The lowest BCUT2D eigenvalue weighted by Crippen LogP contribution is -2.28. The van der Waals surface area contributed by atoms with Crippen molar-refractivity contribution in [3.63, 3.8) is 0 Å². The molecule has 150 valence electrons. The van der Waals surface area contributed by atoms with Gasteiger partial charge in [-0.1, -0.05) is 29.8 Å². The monoisotopic (exact) mass is 420 g/mol. The Morgan fingerprint density at radius 3 is 2.46 bits per heavy atom. The molecule has 0 aromatic heterocycles. The van der Waals surface area contributed by atoms with Gasteiger partial charge in [0.1, 0.15) is 0 Å². The fourth-order valence-electron chi connectivity index (χ4n) is 3.46. The Kier molecular flexibility index (Phi) is 6.01. The van der Waals surface area contributed by atoms with Gasteiger partial charge < -0.3 is 5.32 Å². The van der Waals surface area contributed by atoms with Crippen LogP contribution in [-0.4, -0.2) is 27.6 Å². The first-order valence-corrected chi connectivity index (χ1v) is 11.6.